The van der Waals surface area contributed by atoms with Crippen LogP contribution in [0.2, 0.25) is 0 Å². The van der Waals surface area contributed by atoms with Crippen molar-refractivity contribution in [3.05, 3.63) is 60.2 Å². The number of para-hydroxylation sites is 2. The average molecular weight is 271 g/mol. The Morgan fingerprint density at radius 1 is 0.857 bits per heavy atom. The minimum atomic E-state index is 0.946. The number of nitrogens with one attached hydrogen (secondary N) is 1. The largest absolute Gasteiger partial charge is 0.456 e. The molecule has 21 heavy (non-hydrogen) atoms. The molecular formula is C19H13NO. The Morgan fingerprint density at radius 3 is 2.52 bits per heavy atom. The fourth-order valence-electron chi connectivity index (χ4n) is 3.36. The number of hydrogen-bond donors (Lipinski definition) is 1. The number of furan rings is 1. The van der Waals surface area contributed by atoms with Gasteiger partial charge in [-0.15, -0.1) is 0 Å². The number of H-pyrrole nitrogens is 1. The summed E-state index contributed by atoms with van der Waals surface area (Å²) in [6, 6.07) is 18.9. The van der Waals surface area contributed by atoms with Crippen LogP contribution in [0.4, 0.5) is 0 Å². The maximum Gasteiger partial charge on any atom is 0.140 e. The third kappa shape index (κ3) is 1.32. The molecule has 0 saturated carbocycles. The minimum absolute atomic E-state index is 0.946. The quantitative estimate of drug-likeness (QED) is 0.394. The molecule has 5 aromatic rings. The van der Waals surface area contributed by atoms with Crippen LogP contribution in [0.3, 0.4) is 0 Å². The predicted molar refractivity (Wildman–Crippen MR) is 87.8 cm³/mol. The molecule has 0 saturated heterocycles. The highest BCUT2D eigenvalue weighted by atomic mass is 16.3. The van der Waals surface area contributed by atoms with Gasteiger partial charge in [-0.05, 0) is 30.7 Å². The van der Waals surface area contributed by atoms with Crippen LogP contribution in [0.15, 0.2) is 59.0 Å². The molecule has 0 aliphatic rings. The van der Waals surface area contributed by atoms with Crippen LogP contribution in [0.5, 0.6) is 0 Å². The van der Waals surface area contributed by atoms with E-state index in [-0.39, 0.29) is 0 Å². The highest BCUT2D eigenvalue weighted by molar-refractivity contribution is 6.24. The molecule has 5 rings (SSSR count). The molecule has 2 nitrogen and oxygen atoms in total. The first-order chi connectivity index (χ1) is 10.3. The van der Waals surface area contributed by atoms with E-state index in [1.165, 1.54) is 38.1 Å². The lowest BCUT2D eigenvalue weighted by Gasteiger charge is -1.98. The molecule has 2 heteroatoms. The second kappa shape index (κ2) is 3.67. The van der Waals surface area contributed by atoms with E-state index in [0.717, 1.165) is 11.2 Å². The Balaban J connectivity index is 2.17. The summed E-state index contributed by atoms with van der Waals surface area (Å²) in [5.41, 5.74) is 5.45. The Bertz CT molecular complexity index is 1140. The highest BCUT2D eigenvalue weighted by Gasteiger charge is 2.15. The van der Waals surface area contributed by atoms with Crippen molar-refractivity contribution >= 4 is 43.7 Å². The summed E-state index contributed by atoms with van der Waals surface area (Å²) in [5, 5.41) is 4.90. The monoisotopic (exact) mass is 271 g/mol. The van der Waals surface area contributed by atoms with Gasteiger partial charge < -0.3 is 9.40 Å². The molecule has 3 aromatic carbocycles. The van der Waals surface area contributed by atoms with E-state index < -0.39 is 0 Å². The maximum atomic E-state index is 6.07. The zero-order valence-corrected chi connectivity index (χ0v) is 11.6. The number of hydrogen-bond acceptors (Lipinski definition) is 1. The standard InChI is InChI=1S/C19H13NO/c1-11-10-14-12-6-2-4-8-15(12)20-18(14)17-13-7-3-5-9-16(13)21-19(11)17/h2-10,20H,1H3. The summed E-state index contributed by atoms with van der Waals surface area (Å²) in [4.78, 5) is 3.57. The molecule has 0 fully saturated rings. The molecule has 0 radical (unpaired) electrons. The molecule has 0 atom stereocenters. The summed E-state index contributed by atoms with van der Waals surface area (Å²) >= 11 is 0. The van der Waals surface area contributed by atoms with Crippen LogP contribution >= 0.6 is 0 Å². The van der Waals surface area contributed by atoms with Crippen molar-refractivity contribution in [1.29, 1.82) is 0 Å². The van der Waals surface area contributed by atoms with Gasteiger partial charge >= 0.3 is 0 Å². The summed E-state index contributed by atoms with van der Waals surface area (Å²) in [6.07, 6.45) is 0. The zero-order chi connectivity index (χ0) is 14.0. The van der Waals surface area contributed by atoms with Crippen LogP contribution in [-0.2, 0) is 0 Å². The Kier molecular flexibility index (Phi) is 1.92. The van der Waals surface area contributed by atoms with Gasteiger partial charge in [0.1, 0.15) is 11.2 Å². The third-order valence-corrected chi connectivity index (χ3v) is 4.31. The first-order valence-electron chi connectivity index (χ1n) is 7.14. The second-order valence-electron chi connectivity index (χ2n) is 5.59. The van der Waals surface area contributed by atoms with E-state index in [1.807, 2.05) is 12.1 Å². The molecule has 2 heterocycles. The van der Waals surface area contributed by atoms with Crippen LogP contribution in [0, 0.1) is 6.92 Å². The van der Waals surface area contributed by atoms with Gasteiger partial charge in [-0.1, -0.05) is 36.4 Å². The van der Waals surface area contributed by atoms with Gasteiger partial charge in [0.15, 0.2) is 0 Å². The number of fused-ring (bicyclic) bond motifs is 7. The van der Waals surface area contributed by atoms with Gasteiger partial charge in [0.2, 0.25) is 0 Å². The van der Waals surface area contributed by atoms with Crippen molar-refractivity contribution in [3.8, 4) is 0 Å². The van der Waals surface area contributed by atoms with Crippen LogP contribution in [-0.4, -0.2) is 4.98 Å². The Hall–Kier alpha value is -2.74. The molecule has 0 aliphatic carbocycles. The van der Waals surface area contributed by atoms with E-state index >= 15 is 0 Å². The summed E-state index contributed by atoms with van der Waals surface area (Å²) in [7, 11) is 0. The van der Waals surface area contributed by atoms with E-state index in [2.05, 4.69) is 54.4 Å². The second-order valence-corrected chi connectivity index (χ2v) is 5.59. The lowest BCUT2D eigenvalue weighted by molar-refractivity contribution is 0.666. The molecular weight excluding hydrogens is 258 g/mol. The van der Waals surface area contributed by atoms with Crippen molar-refractivity contribution in [1.82, 2.24) is 4.98 Å². The molecule has 100 valence electrons. The summed E-state index contributed by atoms with van der Waals surface area (Å²) in [5.74, 6) is 0. The Labute approximate surface area is 121 Å². The van der Waals surface area contributed by atoms with E-state index in [1.54, 1.807) is 0 Å². The number of benzene rings is 3. The molecule has 2 aromatic heterocycles. The van der Waals surface area contributed by atoms with Crippen molar-refractivity contribution < 1.29 is 4.42 Å². The molecule has 1 N–H and O–H groups in total. The van der Waals surface area contributed by atoms with Crippen molar-refractivity contribution in [2.24, 2.45) is 0 Å². The van der Waals surface area contributed by atoms with Gasteiger partial charge in [0, 0.05) is 21.7 Å². The lowest BCUT2D eigenvalue weighted by atomic mass is 10.0. The summed E-state index contributed by atoms with van der Waals surface area (Å²) < 4.78 is 6.07. The van der Waals surface area contributed by atoms with Gasteiger partial charge in [-0.25, -0.2) is 0 Å². The third-order valence-electron chi connectivity index (χ3n) is 4.31. The van der Waals surface area contributed by atoms with Crippen molar-refractivity contribution in [2.75, 3.05) is 0 Å². The minimum Gasteiger partial charge on any atom is -0.456 e. The first kappa shape index (κ1) is 11.0. The van der Waals surface area contributed by atoms with Crippen LogP contribution in [0.25, 0.3) is 43.7 Å². The normalized spacial score (nSPS) is 12.0. The first-order valence-corrected chi connectivity index (χ1v) is 7.14. The number of rotatable bonds is 0. The molecule has 0 amide bonds. The fourth-order valence-corrected chi connectivity index (χ4v) is 3.36. The van der Waals surface area contributed by atoms with Gasteiger partial charge in [-0.3, -0.25) is 0 Å². The lowest BCUT2D eigenvalue weighted by Crippen LogP contribution is -1.76. The zero-order valence-electron chi connectivity index (χ0n) is 11.6. The average Bonchev–Trinajstić information content (AvgIpc) is 3.06. The van der Waals surface area contributed by atoms with E-state index in [9.17, 15) is 0 Å². The molecule has 0 aliphatic heterocycles. The number of aromatic nitrogens is 1. The molecule has 0 bridgehead atoms. The van der Waals surface area contributed by atoms with Gasteiger partial charge in [-0.2, -0.15) is 0 Å². The number of aromatic amines is 1. The van der Waals surface area contributed by atoms with E-state index in [4.69, 9.17) is 4.42 Å². The number of aryl methyl sites for hydroxylation is 1. The fraction of sp³-hybridized carbons (Fsp3) is 0.0526. The van der Waals surface area contributed by atoms with Crippen LogP contribution < -0.4 is 0 Å². The van der Waals surface area contributed by atoms with Gasteiger partial charge in [0.05, 0.1) is 10.9 Å². The van der Waals surface area contributed by atoms with Gasteiger partial charge in [0.25, 0.3) is 0 Å². The van der Waals surface area contributed by atoms with Crippen LogP contribution in [0.1, 0.15) is 5.56 Å². The van der Waals surface area contributed by atoms with Crippen molar-refractivity contribution in [2.45, 2.75) is 6.92 Å². The Morgan fingerprint density at radius 2 is 1.62 bits per heavy atom. The SMILES string of the molecule is Cc1cc2c3ccccc3[nH]c2c2c1oc1ccccc12. The van der Waals surface area contributed by atoms with E-state index in [0.29, 0.717) is 0 Å². The topological polar surface area (TPSA) is 28.9 Å². The highest BCUT2D eigenvalue weighted by Crippen LogP contribution is 2.38. The molecule has 0 unspecified atom stereocenters. The smallest absolute Gasteiger partial charge is 0.140 e. The maximum absolute atomic E-state index is 6.07. The molecule has 0 spiro atoms. The summed E-state index contributed by atoms with van der Waals surface area (Å²) in [6.45, 7) is 2.12. The van der Waals surface area contributed by atoms with Crippen molar-refractivity contribution in [3.63, 3.8) is 0 Å². The predicted octanol–water partition coefficient (Wildman–Crippen LogP) is 5.53.